The highest BCUT2D eigenvalue weighted by Crippen LogP contribution is 2.59. The van der Waals surface area contributed by atoms with Crippen LogP contribution < -0.4 is 10.1 Å². The number of esters is 1. The largest absolute Gasteiger partial charge is 0.474 e. The Kier molecular flexibility index (Phi) is 4.68. The van der Waals surface area contributed by atoms with Gasteiger partial charge in [0, 0.05) is 18.0 Å². The molecule has 0 saturated heterocycles. The van der Waals surface area contributed by atoms with Crippen molar-refractivity contribution < 1.29 is 19.4 Å². The van der Waals surface area contributed by atoms with Crippen LogP contribution >= 0.6 is 0 Å². The first kappa shape index (κ1) is 22.2. The average Bonchev–Trinajstić information content (AvgIpc) is 3.73. The highest BCUT2D eigenvalue weighted by molar-refractivity contribution is 5.94. The van der Waals surface area contributed by atoms with E-state index in [1.165, 1.54) is 0 Å². The van der Waals surface area contributed by atoms with Crippen molar-refractivity contribution in [2.75, 3.05) is 5.32 Å². The normalized spacial score (nSPS) is 21.2. The van der Waals surface area contributed by atoms with E-state index < -0.39 is 11.2 Å². The summed E-state index contributed by atoms with van der Waals surface area (Å²) < 4.78 is 11.7. The third-order valence-electron chi connectivity index (χ3n) is 7.88. The van der Waals surface area contributed by atoms with Gasteiger partial charge in [0.2, 0.25) is 5.88 Å². The van der Waals surface area contributed by atoms with Crippen LogP contribution in [0.5, 0.6) is 5.88 Å². The summed E-state index contributed by atoms with van der Waals surface area (Å²) in [6.07, 6.45) is 8.12. The Morgan fingerprint density at radius 3 is 2.63 bits per heavy atom. The molecule has 0 amide bonds. The smallest absolute Gasteiger partial charge is 0.340 e. The van der Waals surface area contributed by atoms with E-state index in [9.17, 15) is 9.90 Å². The Balaban J connectivity index is 1.40. The van der Waals surface area contributed by atoms with E-state index >= 15 is 0 Å². The molecule has 0 unspecified atom stereocenters. The van der Waals surface area contributed by atoms with Gasteiger partial charge in [-0.05, 0) is 76.5 Å². The molecule has 1 aliphatic heterocycles. The lowest BCUT2D eigenvalue weighted by Gasteiger charge is -2.39. The first-order valence-electron chi connectivity index (χ1n) is 12.3. The molecule has 6 rings (SSSR count). The number of hydrogen-bond acceptors (Lipinski definition) is 8. The fraction of sp³-hybridized carbons (Fsp3) is 0.481. The minimum atomic E-state index is -1.05. The number of anilines is 2. The van der Waals surface area contributed by atoms with Crippen LogP contribution in [0, 0.1) is 0 Å². The molecule has 4 heterocycles. The summed E-state index contributed by atoms with van der Waals surface area (Å²) in [6.45, 7) is 7.66. The Hall–Kier alpha value is -3.26. The summed E-state index contributed by atoms with van der Waals surface area (Å²) in [6, 6.07) is 5.46. The zero-order valence-electron chi connectivity index (χ0n) is 20.5. The van der Waals surface area contributed by atoms with Crippen molar-refractivity contribution in [1.29, 1.82) is 0 Å². The number of pyridine rings is 3. The zero-order valence-corrected chi connectivity index (χ0v) is 20.5. The second kappa shape index (κ2) is 7.37. The molecule has 3 aromatic heterocycles. The minimum Gasteiger partial charge on any atom is -0.474 e. The van der Waals surface area contributed by atoms with Crippen molar-refractivity contribution in [3.8, 4) is 5.88 Å². The lowest BCUT2D eigenvalue weighted by atomic mass is 9.80. The minimum absolute atomic E-state index is 0.200. The first-order chi connectivity index (χ1) is 16.6. The third-order valence-corrected chi connectivity index (χ3v) is 7.88. The standard InChI is InChI=1S/C27H30N4O4/c1-5-26(4,33)19-14-29-23(34-15-6-7-15)18-13-28-21(12-17(18)19)30-20-9-8-16-22(31-20)27(10-11-27)25(2,3)35-24(16)32/h8-9,12-15,33H,5-7,10-11H2,1-4H3,(H,28,30,31)/t26-/m1/s1. The van der Waals surface area contributed by atoms with E-state index in [-0.39, 0.29) is 17.5 Å². The Labute approximate surface area is 204 Å². The van der Waals surface area contributed by atoms with Crippen molar-refractivity contribution in [1.82, 2.24) is 15.0 Å². The molecule has 2 N–H and O–H groups in total. The van der Waals surface area contributed by atoms with Gasteiger partial charge in [-0.1, -0.05) is 6.92 Å². The number of fused-ring (bicyclic) bond motifs is 3. The van der Waals surface area contributed by atoms with Crippen molar-refractivity contribution in [2.45, 2.75) is 82.5 Å². The molecule has 1 spiro atoms. The number of carbonyl (C=O) groups is 1. The number of nitrogens with zero attached hydrogens (tertiary/aromatic N) is 3. The Bertz CT molecular complexity index is 1360. The van der Waals surface area contributed by atoms with Gasteiger partial charge in [0.05, 0.1) is 27.7 Å². The van der Waals surface area contributed by atoms with Gasteiger partial charge >= 0.3 is 5.97 Å². The molecule has 2 aliphatic carbocycles. The fourth-order valence-electron chi connectivity index (χ4n) is 5.06. The van der Waals surface area contributed by atoms with Crippen LogP contribution in [0.1, 0.15) is 81.4 Å². The van der Waals surface area contributed by atoms with Crippen molar-refractivity contribution in [3.63, 3.8) is 0 Å². The van der Waals surface area contributed by atoms with Gasteiger partial charge < -0.3 is 19.9 Å². The molecule has 8 heteroatoms. The van der Waals surface area contributed by atoms with Crippen molar-refractivity contribution in [2.24, 2.45) is 0 Å². The maximum atomic E-state index is 12.6. The van der Waals surface area contributed by atoms with Gasteiger partial charge in [-0.15, -0.1) is 0 Å². The van der Waals surface area contributed by atoms with Crippen molar-refractivity contribution in [3.05, 3.63) is 47.4 Å². The molecule has 2 saturated carbocycles. The summed E-state index contributed by atoms with van der Waals surface area (Å²) in [5.41, 5.74) is 0.185. The second-order valence-electron chi connectivity index (χ2n) is 10.7. The summed E-state index contributed by atoms with van der Waals surface area (Å²) in [7, 11) is 0. The number of aromatic nitrogens is 3. The van der Waals surface area contributed by atoms with E-state index in [2.05, 4.69) is 15.3 Å². The summed E-state index contributed by atoms with van der Waals surface area (Å²) >= 11 is 0. The molecule has 0 radical (unpaired) electrons. The number of ether oxygens (including phenoxy) is 2. The maximum Gasteiger partial charge on any atom is 0.340 e. The van der Waals surface area contributed by atoms with Crippen LogP contribution in [0.4, 0.5) is 11.6 Å². The summed E-state index contributed by atoms with van der Waals surface area (Å²) in [5.74, 6) is 1.41. The van der Waals surface area contributed by atoms with Gasteiger partial charge in [-0.25, -0.2) is 19.7 Å². The highest BCUT2D eigenvalue weighted by Gasteiger charge is 2.63. The predicted octanol–water partition coefficient (Wildman–Crippen LogP) is 4.91. The van der Waals surface area contributed by atoms with Crippen LogP contribution in [0.25, 0.3) is 10.8 Å². The predicted molar refractivity (Wildman–Crippen MR) is 131 cm³/mol. The number of rotatable bonds is 6. The second-order valence-corrected chi connectivity index (χ2v) is 10.7. The van der Waals surface area contributed by atoms with Crippen LogP contribution in [0.15, 0.2) is 30.6 Å². The van der Waals surface area contributed by atoms with E-state index in [0.29, 0.717) is 29.5 Å². The van der Waals surface area contributed by atoms with Crippen molar-refractivity contribution >= 4 is 28.4 Å². The topological polar surface area (TPSA) is 106 Å². The number of carbonyl (C=O) groups excluding carboxylic acids is 1. The average molecular weight is 475 g/mol. The van der Waals surface area contributed by atoms with E-state index in [1.54, 1.807) is 31.5 Å². The lowest BCUT2D eigenvalue weighted by molar-refractivity contribution is -0.0285. The van der Waals surface area contributed by atoms with Crippen LogP contribution in [0.2, 0.25) is 0 Å². The van der Waals surface area contributed by atoms with E-state index in [4.69, 9.17) is 14.5 Å². The van der Waals surface area contributed by atoms with Gasteiger partial charge in [-0.3, -0.25) is 0 Å². The molecule has 182 valence electrons. The molecule has 3 aromatic rings. The SMILES string of the molecule is CC[C@@](C)(O)c1cnc(OC2CC2)c2cnc(Nc3ccc4c(n3)C3(CC3)C(C)(C)OC4=O)cc12. The molecule has 0 bridgehead atoms. The van der Waals surface area contributed by atoms with Gasteiger partial charge in [0.15, 0.2) is 0 Å². The van der Waals surface area contributed by atoms with Crippen LogP contribution in [0.3, 0.4) is 0 Å². The molecular formula is C27H30N4O4. The maximum absolute atomic E-state index is 12.6. The van der Waals surface area contributed by atoms with Gasteiger partial charge in [0.25, 0.3) is 0 Å². The number of nitrogens with one attached hydrogen (secondary N) is 1. The third kappa shape index (κ3) is 3.54. The van der Waals surface area contributed by atoms with Crippen LogP contribution in [-0.2, 0) is 15.8 Å². The quantitative estimate of drug-likeness (QED) is 0.486. The fourth-order valence-corrected chi connectivity index (χ4v) is 5.06. The van der Waals surface area contributed by atoms with Crippen LogP contribution in [-0.4, -0.2) is 37.7 Å². The Morgan fingerprint density at radius 1 is 1.17 bits per heavy atom. The summed E-state index contributed by atoms with van der Waals surface area (Å²) in [4.78, 5) is 26.5. The summed E-state index contributed by atoms with van der Waals surface area (Å²) in [5, 5.41) is 16.0. The van der Waals surface area contributed by atoms with E-state index in [1.807, 2.05) is 26.8 Å². The highest BCUT2D eigenvalue weighted by atomic mass is 16.6. The van der Waals surface area contributed by atoms with Gasteiger partial charge in [0.1, 0.15) is 23.3 Å². The molecule has 3 aliphatic rings. The molecule has 0 aromatic carbocycles. The molecule has 2 fully saturated rings. The first-order valence-corrected chi connectivity index (χ1v) is 12.3. The lowest BCUT2D eigenvalue weighted by Crippen LogP contribution is -2.46. The van der Waals surface area contributed by atoms with Gasteiger partial charge in [-0.2, -0.15) is 0 Å². The molecule has 8 nitrogen and oxygen atoms in total. The van der Waals surface area contributed by atoms with E-state index in [0.717, 1.165) is 47.7 Å². The monoisotopic (exact) mass is 474 g/mol. The zero-order chi connectivity index (χ0) is 24.6. The number of cyclic esters (lactones) is 1. The molecule has 35 heavy (non-hydrogen) atoms. The number of hydrogen-bond donors (Lipinski definition) is 2. The Morgan fingerprint density at radius 2 is 1.94 bits per heavy atom. The number of aliphatic hydroxyl groups is 1. The molecular weight excluding hydrogens is 444 g/mol. The molecule has 1 atom stereocenters.